The molecule has 4 rings (SSSR count). The molecule has 1 aromatic carbocycles. The second kappa shape index (κ2) is 6.18. The SMILES string of the molecule is CC1(C)OB(c2ccc3c(c2)c(C=O)nn3[C@@H]2CCCCO2)OC1(C)C. The molecule has 0 unspecified atom stereocenters. The first kappa shape index (κ1) is 17.7. The van der Waals surface area contributed by atoms with E-state index in [1.54, 1.807) is 0 Å². The van der Waals surface area contributed by atoms with Crippen LogP contribution in [-0.4, -0.2) is 41.0 Å². The van der Waals surface area contributed by atoms with E-state index >= 15 is 0 Å². The summed E-state index contributed by atoms with van der Waals surface area (Å²) in [5.41, 5.74) is 1.41. The second-order valence-corrected chi connectivity index (χ2v) is 8.13. The van der Waals surface area contributed by atoms with Crippen LogP contribution in [0.3, 0.4) is 0 Å². The largest absolute Gasteiger partial charge is 0.494 e. The van der Waals surface area contributed by atoms with Gasteiger partial charge in [-0.3, -0.25) is 4.79 Å². The number of rotatable bonds is 3. The highest BCUT2D eigenvalue weighted by Crippen LogP contribution is 2.37. The number of aromatic nitrogens is 2. The Hall–Kier alpha value is -1.70. The van der Waals surface area contributed by atoms with E-state index < -0.39 is 18.3 Å². The van der Waals surface area contributed by atoms with Crippen molar-refractivity contribution in [2.45, 2.75) is 64.4 Å². The van der Waals surface area contributed by atoms with E-state index in [0.717, 1.165) is 48.5 Å². The van der Waals surface area contributed by atoms with Crippen LogP contribution in [0.4, 0.5) is 0 Å². The molecule has 0 bridgehead atoms. The zero-order valence-electron chi connectivity index (χ0n) is 15.8. The third-order valence-electron chi connectivity index (χ3n) is 5.82. The molecule has 26 heavy (non-hydrogen) atoms. The topological polar surface area (TPSA) is 62.6 Å². The van der Waals surface area contributed by atoms with Crippen LogP contribution < -0.4 is 5.46 Å². The van der Waals surface area contributed by atoms with Gasteiger partial charge >= 0.3 is 7.12 Å². The number of hydrogen-bond donors (Lipinski definition) is 0. The standard InChI is InChI=1S/C19H25BN2O4/c1-18(2)19(3,4)26-20(25-18)13-8-9-16-14(11-13)15(12-23)21-22(16)17-7-5-6-10-24-17/h8-9,11-12,17H,5-7,10H2,1-4H3/t17-/m0/s1. The molecule has 2 aliphatic heterocycles. The van der Waals surface area contributed by atoms with Crippen LogP contribution >= 0.6 is 0 Å². The fraction of sp³-hybridized carbons (Fsp3) is 0.579. The second-order valence-electron chi connectivity index (χ2n) is 8.13. The molecule has 7 heteroatoms. The summed E-state index contributed by atoms with van der Waals surface area (Å²) in [6.07, 6.45) is 3.78. The normalized spacial score (nSPS) is 24.9. The lowest BCUT2D eigenvalue weighted by Gasteiger charge is -2.32. The smallest absolute Gasteiger partial charge is 0.399 e. The summed E-state index contributed by atoms with van der Waals surface area (Å²) in [6, 6.07) is 5.92. The quantitative estimate of drug-likeness (QED) is 0.625. The van der Waals surface area contributed by atoms with Crippen molar-refractivity contribution >= 4 is 29.8 Å². The van der Waals surface area contributed by atoms with Crippen LogP contribution in [0.5, 0.6) is 0 Å². The van der Waals surface area contributed by atoms with Crippen LogP contribution in [-0.2, 0) is 14.0 Å². The molecule has 138 valence electrons. The predicted octanol–water partition coefficient (Wildman–Crippen LogP) is 2.85. The summed E-state index contributed by atoms with van der Waals surface area (Å²) >= 11 is 0. The van der Waals surface area contributed by atoms with Gasteiger partial charge < -0.3 is 14.0 Å². The Morgan fingerprint density at radius 3 is 2.54 bits per heavy atom. The maximum Gasteiger partial charge on any atom is 0.494 e. The maximum absolute atomic E-state index is 11.6. The number of aldehydes is 1. The molecule has 0 radical (unpaired) electrons. The molecule has 6 nitrogen and oxygen atoms in total. The van der Waals surface area contributed by atoms with Crippen molar-refractivity contribution in [2.24, 2.45) is 0 Å². The summed E-state index contributed by atoms with van der Waals surface area (Å²) in [4.78, 5) is 11.6. The molecule has 2 saturated heterocycles. The Morgan fingerprint density at radius 1 is 1.19 bits per heavy atom. The van der Waals surface area contributed by atoms with E-state index in [4.69, 9.17) is 14.0 Å². The first-order valence-corrected chi connectivity index (χ1v) is 9.27. The number of carbonyl (C=O) groups is 1. The molecule has 3 heterocycles. The summed E-state index contributed by atoms with van der Waals surface area (Å²) in [6.45, 7) is 8.84. The lowest BCUT2D eigenvalue weighted by Crippen LogP contribution is -2.41. The molecule has 0 saturated carbocycles. The average molecular weight is 356 g/mol. The van der Waals surface area contributed by atoms with Gasteiger partial charge in [0, 0.05) is 12.0 Å². The number of nitrogens with zero attached hydrogens (tertiary/aromatic N) is 2. The number of fused-ring (bicyclic) bond motifs is 1. The third-order valence-corrected chi connectivity index (χ3v) is 5.82. The highest BCUT2D eigenvalue weighted by molar-refractivity contribution is 6.62. The van der Waals surface area contributed by atoms with Crippen LogP contribution in [0, 0.1) is 0 Å². The van der Waals surface area contributed by atoms with Crippen molar-refractivity contribution in [1.29, 1.82) is 0 Å². The van der Waals surface area contributed by atoms with Gasteiger partial charge in [0.25, 0.3) is 0 Å². The fourth-order valence-electron chi connectivity index (χ4n) is 3.53. The summed E-state index contributed by atoms with van der Waals surface area (Å²) in [7, 11) is -0.460. The number of ether oxygens (including phenoxy) is 1. The molecule has 1 aromatic heterocycles. The zero-order chi connectivity index (χ0) is 18.5. The number of benzene rings is 1. The van der Waals surface area contributed by atoms with Crippen LogP contribution in [0.15, 0.2) is 18.2 Å². The van der Waals surface area contributed by atoms with Crippen LogP contribution in [0.2, 0.25) is 0 Å². The lowest BCUT2D eigenvalue weighted by atomic mass is 9.78. The minimum atomic E-state index is -0.460. The molecular formula is C19H25BN2O4. The third kappa shape index (κ3) is 2.78. The van der Waals surface area contributed by atoms with E-state index in [9.17, 15) is 4.79 Å². The van der Waals surface area contributed by atoms with Crippen molar-refractivity contribution in [2.75, 3.05) is 6.61 Å². The van der Waals surface area contributed by atoms with E-state index in [1.165, 1.54) is 0 Å². The summed E-state index contributed by atoms with van der Waals surface area (Å²) < 4.78 is 20.0. The molecule has 2 aromatic rings. The Balaban J connectivity index is 1.73. The first-order valence-electron chi connectivity index (χ1n) is 9.27. The van der Waals surface area contributed by atoms with Gasteiger partial charge in [-0.2, -0.15) is 5.10 Å². The first-order chi connectivity index (χ1) is 12.3. The Bertz CT molecular complexity index is 823. The Labute approximate surface area is 153 Å². The summed E-state index contributed by atoms with van der Waals surface area (Å²) in [5, 5.41) is 5.31. The number of hydrogen-bond acceptors (Lipinski definition) is 5. The van der Waals surface area contributed by atoms with Crippen molar-refractivity contribution < 1.29 is 18.8 Å². The average Bonchev–Trinajstić information content (AvgIpc) is 3.09. The molecular weight excluding hydrogens is 331 g/mol. The minimum Gasteiger partial charge on any atom is -0.399 e. The Morgan fingerprint density at radius 2 is 1.92 bits per heavy atom. The van der Waals surface area contributed by atoms with Crippen LogP contribution in [0.25, 0.3) is 10.9 Å². The fourth-order valence-corrected chi connectivity index (χ4v) is 3.53. The highest BCUT2D eigenvalue weighted by atomic mass is 16.7. The van der Waals surface area contributed by atoms with E-state index in [1.807, 2.05) is 50.6 Å². The van der Waals surface area contributed by atoms with Gasteiger partial charge in [0.2, 0.25) is 0 Å². The predicted molar refractivity (Wildman–Crippen MR) is 99.7 cm³/mol. The van der Waals surface area contributed by atoms with Crippen molar-refractivity contribution in [1.82, 2.24) is 9.78 Å². The van der Waals surface area contributed by atoms with Gasteiger partial charge in [0.15, 0.2) is 12.5 Å². The molecule has 0 spiro atoms. The van der Waals surface area contributed by atoms with Gasteiger partial charge in [-0.15, -0.1) is 0 Å². The molecule has 2 aliphatic rings. The number of carbonyl (C=O) groups excluding carboxylic acids is 1. The van der Waals surface area contributed by atoms with Gasteiger partial charge in [-0.1, -0.05) is 12.1 Å². The van der Waals surface area contributed by atoms with E-state index in [2.05, 4.69) is 5.10 Å². The van der Waals surface area contributed by atoms with Gasteiger partial charge in [-0.25, -0.2) is 4.68 Å². The minimum absolute atomic E-state index is 0.109. The van der Waals surface area contributed by atoms with Gasteiger partial charge in [-0.05, 0) is 58.5 Å². The van der Waals surface area contributed by atoms with Crippen molar-refractivity contribution in [3.8, 4) is 0 Å². The van der Waals surface area contributed by atoms with E-state index in [-0.39, 0.29) is 6.23 Å². The van der Waals surface area contributed by atoms with Gasteiger partial charge in [0.1, 0.15) is 5.69 Å². The highest BCUT2D eigenvalue weighted by Gasteiger charge is 2.51. The van der Waals surface area contributed by atoms with Gasteiger partial charge in [0.05, 0.1) is 16.7 Å². The molecule has 2 fully saturated rings. The van der Waals surface area contributed by atoms with Crippen molar-refractivity contribution in [3.63, 3.8) is 0 Å². The molecule has 0 N–H and O–H groups in total. The van der Waals surface area contributed by atoms with Crippen molar-refractivity contribution in [3.05, 3.63) is 23.9 Å². The molecule has 0 amide bonds. The monoisotopic (exact) mass is 356 g/mol. The molecule has 1 atom stereocenters. The summed E-state index contributed by atoms with van der Waals surface area (Å²) in [5.74, 6) is 0. The van der Waals surface area contributed by atoms with Crippen LogP contribution in [0.1, 0.15) is 63.7 Å². The lowest BCUT2D eigenvalue weighted by molar-refractivity contribution is -0.0367. The van der Waals surface area contributed by atoms with E-state index in [0.29, 0.717) is 5.69 Å². The molecule has 0 aliphatic carbocycles. The Kier molecular flexibility index (Phi) is 4.21. The zero-order valence-corrected chi connectivity index (χ0v) is 15.8. The maximum atomic E-state index is 11.6.